The first-order valence-corrected chi connectivity index (χ1v) is 10.4. The Balaban J connectivity index is 0.00000272. The van der Waals surface area contributed by atoms with E-state index in [0.717, 1.165) is 30.4 Å². The number of primary amides is 1. The average Bonchev–Trinajstić information content (AvgIpc) is 3.40. The Bertz CT molecular complexity index is 997. The fourth-order valence-corrected chi connectivity index (χ4v) is 4.98. The van der Waals surface area contributed by atoms with Crippen LogP contribution in [0.2, 0.25) is 0 Å². The van der Waals surface area contributed by atoms with E-state index in [1.807, 2.05) is 71.7 Å². The van der Waals surface area contributed by atoms with Crippen molar-refractivity contribution in [3.05, 3.63) is 84.4 Å². The van der Waals surface area contributed by atoms with Crippen molar-refractivity contribution in [2.24, 2.45) is 11.7 Å². The molecule has 1 amide bonds. The van der Waals surface area contributed by atoms with Crippen molar-refractivity contribution in [1.29, 1.82) is 0 Å². The van der Waals surface area contributed by atoms with E-state index in [9.17, 15) is 9.59 Å². The molecule has 7 heteroatoms. The fraction of sp³-hybridized carbons (Fsp3) is 0.333. The molecule has 1 fully saturated rings. The first kappa shape index (κ1) is 22.9. The smallest absolute Gasteiger partial charge is 0.265 e. The number of rotatable bonds is 7. The van der Waals surface area contributed by atoms with Gasteiger partial charge in [-0.25, -0.2) is 4.57 Å². The second-order valence-electron chi connectivity index (χ2n) is 8.17. The minimum atomic E-state index is -0.889. The van der Waals surface area contributed by atoms with Crippen molar-refractivity contribution in [2.45, 2.75) is 44.2 Å². The van der Waals surface area contributed by atoms with E-state index in [4.69, 9.17) is 5.73 Å². The van der Waals surface area contributed by atoms with Gasteiger partial charge in [-0.15, -0.1) is 4.68 Å². The molecule has 3 aromatic rings. The number of hydrogen-bond donors (Lipinski definition) is 1. The van der Waals surface area contributed by atoms with Gasteiger partial charge in [0.15, 0.2) is 5.78 Å². The Kier molecular flexibility index (Phi) is 7.05. The maximum Gasteiger partial charge on any atom is 0.265 e. The molecular formula is C24H27BrN4O2. The lowest BCUT2D eigenvalue weighted by atomic mass is 9.64. The zero-order valence-corrected chi connectivity index (χ0v) is 19.1. The van der Waals surface area contributed by atoms with Crippen LogP contribution in [0.4, 0.5) is 0 Å². The molecule has 6 nitrogen and oxygen atoms in total. The van der Waals surface area contributed by atoms with Crippen LogP contribution in [0.3, 0.4) is 0 Å². The number of carbonyl (C=O) groups excluding carboxylic acids is 2. The molecule has 1 aliphatic carbocycles. The summed E-state index contributed by atoms with van der Waals surface area (Å²) in [7, 11) is 0. The highest BCUT2D eigenvalue weighted by molar-refractivity contribution is 5.91. The zero-order chi connectivity index (χ0) is 21.1. The largest absolute Gasteiger partial charge is 1.00 e. The van der Waals surface area contributed by atoms with Crippen molar-refractivity contribution in [3.63, 3.8) is 0 Å². The van der Waals surface area contributed by atoms with Crippen molar-refractivity contribution in [1.82, 2.24) is 9.78 Å². The molecule has 1 saturated carbocycles. The Morgan fingerprint density at radius 1 is 1.06 bits per heavy atom. The van der Waals surface area contributed by atoms with E-state index in [1.165, 1.54) is 0 Å². The van der Waals surface area contributed by atoms with Gasteiger partial charge in [0, 0.05) is 5.10 Å². The summed E-state index contributed by atoms with van der Waals surface area (Å²) in [5.41, 5.74) is 7.13. The minimum Gasteiger partial charge on any atom is -1.00 e. The van der Waals surface area contributed by atoms with Crippen LogP contribution < -0.4 is 27.3 Å². The van der Waals surface area contributed by atoms with Crippen LogP contribution in [0, 0.1) is 5.92 Å². The van der Waals surface area contributed by atoms with E-state index in [0.29, 0.717) is 6.54 Å². The third-order valence-corrected chi connectivity index (χ3v) is 6.24. The Hall–Kier alpha value is -2.80. The molecule has 4 rings (SSSR count). The number of nitrogens with zero attached hydrogens (tertiary/aromatic N) is 3. The number of aromatic nitrogens is 3. The molecule has 31 heavy (non-hydrogen) atoms. The number of halogens is 1. The molecule has 2 aromatic carbocycles. The van der Waals surface area contributed by atoms with Crippen LogP contribution in [-0.4, -0.2) is 21.5 Å². The van der Waals surface area contributed by atoms with Crippen LogP contribution in [0.5, 0.6) is 0 Å². The lowest BCUT2D eigenvalue weighted by Gasteiger charge is -2.37. The highest BCUT2D eigenvalue weighted by Gasteiger charge is 2.51. The van der Waals surface area contributed by atoms with Gasteiger partial charge in [0.1, 0.15) is 18.0 Å². The summed E-state index contributed by atoms with van der Waals surface area (Å²) in [4.78, 5) is 24.5. The van der Waals surface area contributed by atoms with Crippen LogP contribution >= 0.6 is 0 Å². The fourth-order valence-electron chi connectivity index (χ4n) is 4.98. The highest BCUT2D eigenvalue weighted by Crippen LogP contribution is 2.49. The monoisotopic (exact) mass is 482 g/mol. The van der Waals surface area contributed by atoms with Gasteiger partial charge in [-0.05, 0) is 43.2 Å². The quantitative estimate of drug-likeness (QED) is 0.464. The predicted molar refractivity (Wildman–Crippen MR) is 112 cm³/mol. The van der Waals surface area contributed by atoms with Gasteiger partial charge in [0.2, 0.25) is 12.2 Å². The number of ketones is 1. The number of carbonyl (C=O) groups is 2. The van der Waals surface area contributed by atoms with Crippen molar-refractivity contribution in [3.8, 4) is 0 Å². The molecule has 0 unspecified atom stereocenters. The summed E-state index contributed by atoms with van der Waals surface area (Å²) in [6.45, 7) is 1.88. The SMILES string of the molecule is CC(=O)C[n+]1cnn([C@H]2CC[C@@H](C(C(N)=O)(c3ccccc3)c3ccccc3)C2)c1.[Br-]. The number of Topliss-reactive ketones (excluding diaryl/α,β-unsaturated/α-hetero) is 1. The van der Waals surface area contributed by atoms with Gasteiger partial charge in [0.25, 0.3) is 6.33 Å². The molecule has 2 atom stereocenters. The van der Waals surface area contributed by atoms with E-state index < -0.39 is 5.41 Å². The van der Waals surface area contributed by atoms with E-state index in [2.05, 4.69) is 5.10 Å². The third kappa shape index (κ3) is 4.32. The van der Waals surface area contributed by atoms with Gasteiger partial charge >= 0.3 is 0 Å². The molecule has 0 radical (unpaired) electrons. The third-order valence-electron chi connectivity index (χ3n) is 6.24. The lowest BCUT2D eigenvalue weighted by Crippen LogP contribution is -3.00. The molecule has 0 spiro atoms. The number of benzene rings is 2. The second kappa shape index (κ2) is 9.56. The van der Waals surface area contributed by atoms with Crippen LogP contribution in [0.1, 0.15) is 43.4 Å². The van der Waals surface area contributed by atoms with Gasteiger partial charge in [-0.2, -0.15) is 0 Å². The Morgan fingerprint density at radius 2 is 1.65 bits per heavy atom. The summed E-state index contributed by atoms with van der Waals surface area (Å²) in [6.07, 6.45) is 6.12. The average molecular weight is 483 g/mol. The first-order valence-electron chi connectivity index (χ1n) is 10.4. The van der Waals surface area contributed by atoms with Crippen LogP contribution in [0.15, 0.2) is 73.3 Å². The maximum absolute atomic E-state index is 13.1. The van der Waals surface area contributed by atoms with Crippen molar-refractivity contribution in [2.75, 3.05) is 0 Å². The molecule has 2 N–H and O–H groups in total. The molecule has 162 valence electrons. The molecule has 0 saturated heterocycles. The maximum atomic E-state index is 13.1. The lowest BCUT2D eigenvalue weighted by molar-refractivity contribution is -0.685. The topological polar surface area (TPSA) is 81.9 Å². The van der Waals surface area contributed by atoms with Gasteiger partial charge < -0.3 is 22.7 Å². The Morgan fingerprint density at radius 3 is 2.16 bits per heavy atom. The van der Waals surface area contributed by atoms with Crippen LogP contribution in [-0.2, 0) is 21.5 Å². The molecule has 0 aliphatic heterocycles. The normalized spacial score (nSPS) is 18.4. The van der Waals surface area contributed by atoms with E-state index >= 15 is 0 Å². The van der Waals surface area contributed by atoms with Gasteiger partial charge in [-0.3, -0.25) is 9.59 Å². The molecule has 1 aromatic heterocycles. The zero-order valence-electron chi connectivity index (χ0n) is 17.5. The van der Waals surface area contributed by atoms with E-state index in [-0.39, 0.29) is 40.6 Å². The predicted octanol–water partition coefficient (Wildman–Crippen LogP) is -0.424. The summed E-state index contributed by atoms with van der Waals surface area (Å²) in [5.74, 6) is -0.183. The number of hydrogen-bond acceptors (Lipinski definition) is 3. The van der Waals surface area contributed by atoms with Gasteiger partial charge in [0.05, 0.1) is 0 Å². The highest BCUT2D eigenvalue weighted by atomic mass is 79.9. The van der Waals surface area contributed by atoms with E-state index in [1.54, 1.807) is 17.8 Å². The summed E-state index contributed by atoms with van der Waals surface area (Å²) >= 11 is 0. The van der Waals surface area contributed by atoms with Gasteiger partial charge in [-0.1, -0.05) is 60.7 Å². The molecule has 1 heterocycles. The van der Waals surface area contributed by atoms with Crippen molar-refractivity contribution >= 4 is 11.7 Å². The standard InChI is InChI=1S/C24H26N4O2.BrH/c1-18(29)15-27-16-26-28(17-27)22-13-12-21(14-22)24(23(25)30,19-8-4-2-5-9-19)20-10-6-3-7-11-20;/h2-11,16-17,21-22H,12-15H2,1H3,(H-,25,30);1H/t21-,22+;/m1./s1. The summed E-state index contributed by atoms with van der Waals surface area (Å²) in [5, 5.41) is 4.47. The summed E-state index contributed by atoms with van der Waals surface area (Å²) < 4.78 is 3.72. The number of nitrogens with two attached hydrogens (primary N) is 1. The first-order chi connectivity index (χ1) is 14.5. The number of amides is 1. The second-order valence-corrected chi connectivity index (χ2v) is 8.17. The van der Waals surface area contributed by atoms with Crippen LogP contribution in [0.25, 0.3) is 0 Å². The van der Waals surface area contributed by atoms with Crippen molar-refractivity contribution < 1.29 is 31.1 Å². The summed E-state index contributed by atoms with van der Waals surface area (Å²) in [6, 6.07) is 19.9. The molecule has 0 bridgehead atoms. The Labute approximate surface area is 192 Å². The molecule has 1 aliphatic rings. The molecular weight excluding hydrogens is 456 g/mol. The minimum absolute atomic E-state index is 0.